The van der Waals surface area contributed by atoms with Gasteiger partial charge in [-0.1, -0.05) is 6.92 Å². The SMILES string of the molecule is CC12CC(=O)C3=C(CCO3)C1CCC13CC4CC(OC4(CO)C1)C32. The van der Waals surface area contributed by atoms with Gasteiger partial charge < -0.3 is 14.6 Å². The van der Waals surface area contributed by atoms with Crippen LogP contribution < -0.4 is 0 Å². The van der Waals surface area contributed by atoms with Crippen LogP contribution in [0.15, 0.2) is 11.3 Å². The number of ether oxygens (including phenoxy) is 2. The molecule has 2 saturated heterocycles. The number of carbonyl (C=O) groups is 1. The van der Waals surface area contributed by atoms with Crippen molar-refractivity contribution < 1.29 is 19.4 Å². The molecule has 0 aromatic heterocycles. The van der Waals surface area contributed by atoms with Gasteiger partial charge in [0.25, 0.3) is 0 Å². The van der Waals surface area contributed by atoms with Crippen molar-refractivity contribution in [2.24, 2.45) is 28.6 Å². The molecule has 0 radical (unpaired) electrons. The average Bonchev–Trinajstić information content (AvgIpc) is 3.17. The molecule has 7 aliphatic rings. The molecule has 3 saturated carbocycles. The van der Waals surface area contributed by atoms with Crippen LogP contribution in [0.2, 0.25) is 0 Å². The Morgan fingerprint density at radius 1 is 1.38 bits per heavy atom. The van der Waals surface area contributed by atoms with E-state index in [4.69, 9.17) is 9.47 Å². The minimum Gasteiger partial charge on any atom is -0.490 e. The van der Waals surface area contributed by atoms with Crippen LogP contribution >= 0.6 is 0 Å². The summed E-state index contributed by atoms with van der Waals surface area (Å²) in [5, 5.41) is 10.0. The number of ketones is 1. The molecular formula is C20H26O4. The minimum absolute atomic E-state index is 0.0173. The van der Waals surface area contributed by atoms with Crippen molar-refractivity contribution in [2.75, 3.05) is 13.2 Å². The van der Waals surface area contributed by atoms with E-state index < -0.39 is 0 Å². The van der Waals surface area contributed by atoms with Crippen molar-refractivity contribution in [3.63, 3.8) is 0 Å². The van der Waals surface area contributed by atoms with Crippen LogP contribution in [-0.2, 0) is 14.3 Å². The maximum Gasteiger partial charge on any atom is 0.197 e. The van der Waals surface area contributed by atoms with Crippen LogP contribution in [0, 0.1) is 28.6 Å². The lowest BCUT2D eigenvalue weighted by atomic mass is 9.44. The van der Waals surface area contributed by atoms with Crippen LogP contribution in [-0.4, -0.2) is 35.8 Å². The summed E-state index contributed by atoms with van der Waals surface area (Å²) >= 11 is 0. The Bertz CT molecular complexity index is 683. The highest BCUT2D eigenvalue weighted by molar-refractivity contribution is 5.96. The lowest BCUT2D eigenvalue weighted by Gasteiger charge is -2.62. The van der Waals surface area contributed by atoms with E-state index in [2.05, 4.69) is 6.92 Å². The Balaban J connectivity index is 1.47. The highest BCUT2D eigenvalue weighted by atomic mass is 16.5. The zero-order valence-electron chi connectivity index (χ0n) is 14.3. The molecule has 7 rings (SSSR count). The topological polar surface area (TPSA) is 55.8 Å². The second-order valence-electron chi connectivity index (χ2n) is 9.68. The van der Waals surface area contributed by atoms with Crippen molar-refractivity contribution in [1.82, 2.24) is 0 Å². The van der Waals surface area contributed by atoms with E-state index in [1.54, 1.807) is 0 Å². The molecule has 7 unspecified atom stereocenters. The first-order valence-electron chi connectivity index (χ1n) is 9.69. The molecule has 0 aromatic carbocycles. The van der Waals surface area contributed by atoms with Crippen molar-refractivity contribution in [2.45, 2.75) is 63.6 Å². The quantitative estimate of drug-likeness (QED) is 0.803. The van der Waals surface area contributed by atoms with E-state index in [1.165, 1.54) is 24.8 Å². The zero-order chi connectivity index (χ0) is 16.3. The predicted molar refractivity (Wildman–Crippen MR) is 86.0 cm³/mol. The fourth-order valence-corrected chi connectivity index (χ4v) is 8.35. The van der Waals surface area contributed by atoms with Crippen LogP contribution in [0.25, 0.3) is 0 Å². The molecule has 3 heterocycles. The van der Waals surface area contributed by atoms with Gasteiger partial charge in [-0.25, -0.2) is 0 Å². The molecule has 24 heavy (non-hydrogen) atoms. The van der Waals surface area contributed by atoms with E-state index in [9.17, 15) is 9.90 Å². The summed E-state index contributed by atoms with van der Waals surface area (Å²) in [4.78, 5) is 12.8. The van der Waals surface area contributed by atoms with Gasteiger partial charge in [-0.2, -0.15) is 0 Å². The average molecular weight is 330 g/mol. The molecule has 1 spiro atoms. The number of allylic oxidation sites excluding steroid dienone is 1. The van der Waals surface area contributed by atoms with Crippen LogP contribution in [0.3, 0.4) is 0 Å². The minimum atomic E-state index is -0.260. The van der Waals surface area contributed by atoms with Crippen LogP contribution in [0.1, 0.15) is 51.9 Å². The second-order valence-corrected chi connectivity index (χ2v) is 9.68. The molecule has 4 aliphatic carbocycles. The molecule has 5 fully saturated rings. The molecule has 1 N–H and O–H groups in total. The molecular weight excluding hydrogens is 304 g/mol. The molecule has 130 valence electrons. The maximum atomic E-state index is 12.8. The van der Waals surface area contributed by atoms with Gasteiger partial charge in [0.05, 0.1) is 24.9 Å². The number of fused-ring (bicyclic) bond motifs is 2. The smallest absolute Gasteiger partial charge is 0.197 e. The molecule has 4 heteroatoms. The third-order valence-corrected chi connectivity index (χ3v) is 8.81. The molecule has 4 nitrogen and oxygen atoms in total. The summed E-state index contributed by atoms with van der Waals surface area (Å²) in [5.74, 6) is 2.45. The summed E-state index contributed by atoms with van der Waals surface area (Å²) in [6, 6.07) is 0. The Labute approximate surface area is 142 Å². The largest absolute Gasteiger partial charge is 0.490 e. The van der Waals surface area contributed by atoms with E-state index in [-0.39, 0.29) is 29.5 Å². The van der Waals surface area contributed by atoms with Gasteiger partial charge >= 0.3 is 0 Å². The summed E-state index contributed by atoms with van der Waals surface area (Å²) in [6.07, 6.45) is 7.54. The third kappa shape index (κ3) is 1.37. The van der Waals surface area contributed by atoms with Gasteiger partial charge in [-0.15, -0.1) is 0 Å². The Morgan fingerprint density at radius 2 is 2.25 bits per heavy atom. The van der Waals surface area contributed by atoms with Crippen LogP contribution in [0.5, 0.6) is 0 Å². The molecule has 4 bridgehead atoms. The van der Waals surface area contributed by atoms with Gasteiger partial charge in [0.1, 0.15) is 0 Å². The maximum absolute atomic E-state index is 12.8. The third-order valence-electron chi connectivity index (χ3n) is 8.81. The number of aliphatic hydroxyl groups is 1. The number of Topliss-reactive ketones (excluding diaryl/α,β-unsaturated/α-hetero) is 1. The van der Waals surface area contributed by atoms with E-state index in [1.807, 2.05) is 0 Å². The van der Waals surface area contributed by atoms with E-state index in [0.29, 0.717) is 42.0 Å². The highest BCUT2D eigenvalue weighted by Gasteiger charge is 2.74. The number of rotatable bonds is 1. The van der Waals surface area contributed by atoms with Crippen molar-refractivity contribution in [3.8, 4) is 0 Å². The first-order chi connectivity index (χ1) is 11.5. The lowest BCUT2D eigenvalue weighted by molar-refractivity contribution is -0.212. The highest BCUT2D eigenvalue weighted by Crippen LogP contribution is 2.75. The number of aliphatic hydroxyl groups excluding tert-OH is 1. The van der Waals surface area contributed by atoms with Crippen molar-refractivity contribution in [3.05, 3.63) is 11.3 Å². The fourth-order valence-electron chi connectivity index (χ4n) is 8.35. The van der Waals surface area contributed by atoms with E-state index >= 15 is 0 Å². The predicted octanol–water partition coefficient (Wildman–Crippen LogP) is 2.60. The number of hydrogen-bond donors (Lipinski definition) is 1. The number of carbonyl (C=O) groups excluding carboxylic acids is 1. The summed E-state index contributed by atoms with van der Waals surface area (Å²) in [6.45, 7) is 3.23. The standard InChI is InChI=1S/C20H26O4/c1-18-8-14(22)16-12(3-5-23-16)13(18)2-4-19-7-11-6-15(17(18)19)24-20(11,9-19)10-21/h11,13,15,17,21H,2-10H2,1H3. The number of hydrogen-bond acceptors (Lipinski definition) is 4. The Morgan fingerprint density at radius 3 is 3.04 bits per heavy atom. The summed E-state index contributed by atoms with van der Waals surface area (Å²) in [7, 11) is 0. The normalized spacial score (nSPS) is 57.0. The fraction of sp³-hybridized carbons (Fsp3) is 0.850. The first kappa shape index (κ1) is 14.3. The van der Waals surface area contributed by atoms with Gasteiger partial charge in [0.2, 0.25) is 0 Å². The molecule has 0 amide bonds. The lowest BCUT2D eigenvalue weighted by Crippen LogP contribution is -2.60. The molecule has 7 atom stereocenters. The molecule has 3 aliphatic heterocycles. The Hall–Kier alpha value is -0.870. The second kappa shape index (κ2) is 4.09. The van der Waals surface area contributed by atoms with Gasteiger partial charge in [-0.05, 0) is 66.3 Å². The monoisotopic (exact) mass is 330 g/mol. The summed E-state index contributed by atoms with van der Waals surface area (Å²) < 4.78 is 12.2. The van der Waals surface area contributed by atoms with E-state index in [0.717, 1.165) is 19.3 Å². The molecule has 0 aromatic rings. The van der Waals surface area contributed by atoms with Gasteiger partial charge in [-0.3, -0.25) is 4.79 Å². The summed E-state index contributed by atoms with van der Waals surface area (Å²) in [5.41, 5.74) is 1.38. The van der Waals surface area contributed by atoms with Crippen molar-refractivity contribution in [1.29, 1.82) is 0 Å². The first-order valence-corrected chi connectivity index (χ1v) is 9.69. The van der Waals surface area contributed by atoms with Crippen molar-refractivity contribution >= 4 is 5.78 Å². The Kier molecular flexibility index (Phi) is 2.44. The van der Waals surface area contributed by atoms with Gasteiger partial charge in [0.15, 0.2) is 11.5 Å². The zero-order valence-corrected chi connectivity index (χ0v) is 14.3. The van der Waals surface area contributed by atoms with Crippen LogP contribution in [0.4, 0.5) is 0 Å². The van der Waals surface area contributed by atoms with Gasteiger partial charge in [0, 0.05) is 12.8 Å².